The van der Waals surface area contributed by atoms with Crippen molar-refractivity contribution in [2.75, 3.05) is 5.75 Å². The van der Waals surface area contributed by atoms with Crippen LogP contribution >= 0.6 is 11.8 Å². The van der Waals surface area contributed by atoms with Gasteiger partial charge in [0.2, 0.25) is 0 Å². The van der Waals surface area contributed by atoms with E-state index in [1.165, 1.54) is 51.4 Å². The smallest absolute Gasteiger partial charge is 0.0301 e. The minimum atomic E-state index is 0.343. The first kappa shape index (κ1) is 18.3. The third kappa shape index (κ3) is 12.7. The third-order valence-corrected chi connectivity index (χ3v) is 4.54. The fraction of sp³-hybridized carbons (Fsp3) is 1.00. The summed E-state index contributed by atoms with van der Waals surface area (Å²) in [5, 5.41) is 0. The summed E-state index contributed by atoms with van der Waals surface area (Å²) in [5.41, 5.74) is 2.97. The maximum absolute atomic E-state index is 5.62. The zero-order valence-electron chi connectivity index (χ0n) is 12.9. The minimum absolute atomic E-state index is 0.343. The summed E-state index contributed by atoms with van der Waals surface area (Å²) in [4.78, 5) is 0. The molecule has 18 heavy (non-hydrogen) atoms. The van der Waals surface area contributed by atoms with Crippen LogP contribution in [0.4, 0.5) is 0 Å². The van der Waals surface area contributed by atoms with Crippen LogP contribution in [0.2, 0.25) is 0 Å². The van der Waals surface area contributed by atoms with Gasteiger partial charge in [0.05, 0.1) is 0 Å². The molecule has 3 heteroatoms. The first-order valence-electron chi connectivity index (χ1n) is 7.59. The molecule has 0 amide bonds. The summed E-state index contributed by atoms with van der Waals surface area (Å²) in [6, 6.07) is 0.477. The van der Waals surface area contributed by atoms with E-state index in [4.69, 9.17) is 5.84 Å². The first-order valence-corrected chi connectivity index (χ1v) is 8.58. The molecule has 3 N–H and O–H groups in total. The third-order valence-electron chi connectivity index (χ3n) is 3.11. The highest BCUT2D eigenvalue weighted by molar-refractivity contribution is 8.00. The summed E-state index contributed by atoms with van der Waals surface area (Å²) in [6.45, 7) is 9.06. The molecule has 0 rings (SSSR count). The van der Waals surface area contributed by atoms with Gasteiger partial charge >= 0.3 is 0 Å². The molecule has 0 bridgehead atoms. The van der Waals surface area contributed by atoms with Crippen LogP contribution in [0.25, 0.3) is 0 Å². The average molecular weight is 275 g/mol. The summed E-state index contributed by atoms with van der Waals surface area (Å²) in [6.07, 6.45) is 10.8. The van der Waals surface area contributed by atoms with E-state index >= 15 is 0 Å². The van der Waals surface area contributed by atoms with Crippen LogP contribution in [-0.4, -0.2) is 16.5 Å². The Kier molecular flexibility index (Phi) is 11.3. The van der Waals surface area contributed by atoms with Crippen LogP contribution < -0.4 is 11.3 Å². The molecule has 0 aliphatic carbocycles. The fourth-order valence-electron chi connectivity index (χ4n) is 1.91. The lowest BCUT2D eigenvalue weighted by molar-refractivity contribution is 0.492. The van der Waals surface area contributed by atoms with Crippen LogP contribution in [0, 0.1) is 0 Å². The molecule has 0 spiro atoms. The number of thioether (sulfide) groups is 1. The summed E-state index contributed by atoms with van der Waals surface area (Å²) < 4.78 is 0.343. The zero-order chi connectivity index (χ0) is 13.9. The highest BCUT2D eigenvalue weighted by Crippen LogP contribution is 2.24. The van der Waals surface area contributed by atoms with Gasteiger partial charge in [-0.2, -0.15) is 11.8 Å². The molecule has 0 aromatic rings. The first-order chi connectivity index (χ1) is 8.49. The van der Waals surface area contributed by atoms with Crippen LogP contribution in [0.3, 0.4) is 0 Å². The van der Waals surface area contributed by atoms with Crippen molar-refractivity contribution in [3.8, 4) is 0 Å². The lowest BCUT2D eigenvalue weighted by atomic mass is 10.1. The average Bonchev–Trinajstić information content (AvgIpc) is 2.30. The van der Waals surface area contributed by atoms with Crippen molar-refractivity contribution in [1.29, 1.82) is 0 Å². The van der Waals surface area contributed by atoms with Crippen molar-refractivity contribution in [2.24, 2.45) is 5.84 Å². The number of hydrogen-bond acceptors (Lipinski definition) is 3. The fourth-order valence-corrected chi connectivity index (χ4v) is 2.88. The Bertz CT molecular complexity index is 178. The molecule has 0 aromatic heterocycles. The van der Waals surface area contributed by atoms with Gasteiger partial charge in [-0.15, -0.1) is 0 Å². The van der Waals surface area contributed by atoms with Gasteiger partial charge in [-0.05, 0) is 6.42 Å². The molecule has 0 aliphatic rings. The van der Waals surface area contributed by atoms with Crippen molar-refractivity contribution in [3.05, 3.63) is 0 Å². The van der Waals surface area contributed by atoms with Crippen molar-refractivity contribution in [1.82, 2.24) is 5.43 Å². The Labute approximate surface area is 119 Å². The number of unbranched alkanes of at least 4 members (excludes halogenated alkanes) is 6. The van der Waals surface area contributed by atoms with Gasteiger partial charge in [0, 0.05) is 16.5 Å². The second-order valence-corrected chi connectivity index (χ2v) is 8.04. The second-order valence-electron chi connectivity index (χ2n) is 6.20. The monoisotopic (exact) mass is 274 g/mol. The molecule has 0 heterocycles. The Morgan fingerprint density at radius 1 is 1.00 bits per heavy atom. The van der Waals surface area contributed by atoms with E-state index in [2.05, 4.69) is 33.1 Å². The van der Waals surface area contributed by atoms with Gasteiger partial charge < -0.3 is 0 Å². The predicted molar refractivity (Wildman–Crippen MR) is 85.9 cm³/mol. The quantitative estimate of drug-likeness (QED) is 0.331. The number of nitrogens with two attached hydrogens (primary N) is 1. The van der Waals surface area contributed by atoms with Crippen molar-refractivity contribution in [3.63, 3.8) is 0 Å². The van der Waals surface area contributed by atoms with Gasteiger partial charge in [-0.3, -0.25) is 11.3 Å². The summed E-state index contributed by atoms with van der Waals surface area (Å²) in [5.74, 6) is 6.74. The van der Waals surface area contributed by atoms with Gasteiger partial charge in [0.1, 0.15) is 0 Å². The van der Waals surface area contributed by atoms with E-state index in [-0.39, 0.29) is 0 Å². The maximum Gasteiger partial charge on any atom is 0.0301 e. The molecule has 0 radical (unpaired) electrons. The van der Waals surface area contributed by atoms with E-state index in [0.717, 1.165) is 5.75 Å². The molecule has 110 valence electrons. The lowest BCUT2D eigenvalue weighted by Gasteiger charge is -2.22. The van der Waals surface area contributed by atoms with E-state index in [0.29, 0.717) is 10.8 Å². The Hall–Kier alpha value is 0.270. The number of hydrogen-bond donors (Lipinski definition) is 2. The van der Waals surface area contributed by atoms with Gasteiger partial charge in [-0.25, -0.2) is 0 Å². The zero-order valence-corrected chi connectivity index (χ0v) is 13.7. The Morgan fingerprint density at radius 2 is 1.56 bits per heavy atom. The number of hydrazine groups is 1. The SMILES string of the molecule is CCCCCCCCCC(CSC(C)(C)C)NN. The molecule has 0 saturated carbocycles. The van der Waals surface area contributed by atoms with Crippen LogP contribution in [-0.2, 0) is 0 Å². The van der Waals surface area contributed by atoms with Gasteiger partial charge in [0.15, 0.2) is 0 Å². The van der Waals surface area contributed by atoms with E-state index in [1.807, 2.05) is 11.8 Å². The largest absolute Gasteiger partial charge is 0.271 e. The van der Waals surface area contributed by atoms with Crippen LogP contribution in [0.15, 0.2) is 0 Å². The van der Waals surface area contributed by atoms with E-state index < -0.39 is 0 Å². The number of rotatable bonds is 11. The Morgan fingerprint density at radius 3 is 2.06 bits per heavy atom. The highest BCUT2D eigenvalue weighted by Gasteiger charge is 2.14. The second kappa shape index (κ2) is 11.1. The van der Waals surface area contributed by atoms with Crippen molar-refractivity contribution >= 4 is 11.8 Å². The van der Waals surface area contributed by atoms with E-state index in [1.54, 1.807) is 0 Å². The molecular formula is C15H34N2S. The molecule has 0 aromatic carbocycles. The Balaban J connectivity index is 3.44. The summed E-state index contributed by atoms with van der Waals surface area (Å²) in [7, 11) is 0. The summed E-state index contributed by atoms with van der Waals surface area (Å²) >= 11 is 2.00. The maximum atomic E-state index is 5.62. The molecule has 0 aliphatic heterocycles. The standard InChI is InChI=1S/C15H34N2S/c1-5-6-7-8-9-10-11-12-14(17-16)13-18-15(2,3)4/h14,17H,5-13,16H2,1-4H3. The van der Waals surface area contributed by atoms with Gasteiger partial charge in [-0.1, -0.05) is 72.6 Å². The molecule has 0 saturated heterocycles. The highest BCUT2D eigenvalue weighted by atomic mass is 32.2. The van der Waals surface area contributed by atoms with Crippen LogP contribution in [0.5, 0.6) is 0 Å². The topological polar surface area (TPSA) is 38.0 Å². The predicted octanol–water partition coefficient (Wildman–Crippen LogP) is 4.49. The van der Waals surface area contributed by atoms with Crippen LogP contribution in [0.1, 0.15) is 79.1 Å². The van der Waals surface area contributed by atoms with Gasteiger partial charge in [0.25, 0.3) is 0 Å². The molecule has 2 nitrogen and oxygen atoms in total. The molecular weight excluding hydrogens is 240 g/mol. The normalized spacial score (nSPS) is 13.8. The molecule has 0 fully saturated rings. The molecule has 1 unspecified atom stereocenters. The molecule has 1 atom stereocenters. The minimum Gasteiger partial charge on any atom is -0.271 e. The number of nitrogens with one attached hydrogen (secondary N) is 1. The lowest BCUT2D eigenvalue weighted by Crippen LogP contribution is -2.37. The van der Waals surface area contributed by atoms with Crippen molar-refractivity contribution in [2.45, 2.75) is 89.9 Å². The van der Waals surface area contributed by atoms with Crippen molar-refractivity contribution < 1.29 is 0 Å². The van der Waals surface area contributed by atoms with E-state index in [9.17, 15) is 0 Å².